The monoisotopic (exact) mass is 412 g/mol. The van der Waals surface area contributed by atoms with E-state index in [2.05, 4.69) is 0 Å². The molecule has 0 spiro atoms. The summed E-state index contributed by atoms with van der Waals surface area (Å²) in [4.78, 5) is 15.2. The highest BCUT2D eigenvalue weighted by Gasteiger charge is 2.24. The molecule has 1 aliphatic rings. The van der Waals surface area contributed by atoms with Gasteiger partial charge in [-0.1, -0.05) is 46.4 Å². The number of hydrogen-bond donors (Lipinski definition) is 0. The maximum atomic E-state index is 11.5. The van der Waals surface area contributed by atoms with Crippen LogP contribution in [-0.2, 0) is 4.74 Å². The Bertz CT molecular complexity index is 604. The Kier molecular flexibility index (Phi) is 7.16. The summed E-state index contributed by atoms with van der Waals surface area (Å²) < 4.78 is 10.3. The summed E-state index contributed by atoms with van der Waals surface area (Å²) in [7, 11) is 1.37. The number of carbonyl (C=O) groups excluding carboxylic acids is 1. The van der Waals surface area contributed by atoms with Crippen LogP contribution < -0.4 is 9.64 Å². The number of amides is 1. The maximum Gasteiger partial charge on any atom is 0.409 e. The molecule has 2 rings (SSSR count). The van der Waals surface area contributed by atoms with Crippen LogP contribution in [-0.4, -0.2) is 50.9 Å². The van der Waals surface area contributed by atoms with Gasteiger partial charge in [-0.2, -0.15) is 0 Å². The van der Waals surface area contributed by atoms with E-state index in [1.807, 2.05) is 4.90 Å². The highest BCUT2D eigenvalue weighted by atomic mass is 35.5. The summed E-state index contributed by atoms with van der Waals surface area (Å²) in [6, 6.07) is 3.37. The first-order valence-corrected chi connectivity index (χ1v) is 8.64. The fourth-order valence-corrected chi connectivity index (χ4v) is 3.20. The first-order valence-electron chi connectivity index (χ1n) is 7.13. The average Bonchev–Trinajstić information content (AvgIpc) is 2.54. The minimum absolute atomic E-state index is 0.132. The molecule has 1 amide bonds. The van der Waals surface area contributed by atoms with E-state index in [-0.39, 0.29) is 17.2 Å². The second-order valence-corrected chi connectivity index (χ2v) is 6.81. The maximum absolute atomic E-state index is 11.5. The van der Waals surface area contributed by atoms with Gasteiger partial charge < -0.3 is 19.3 Å². The Morgan fingerprint density at radius 1 is 1.17 bits per heavy atom. The van der Waals surface area contributed by atoms with Crippen molar-refractivity contribution < 1.29 is 14.3 Å². The molecule has 24 heavy (non-hydrogen) atoms. The normalized spacial score (nSPS) is 14.4. The van der Waals surface area contributed by atoms with Gasteiger partial charge in [0.05, 0.1) is 22.8 Å². The number of halogens is 4. The summed E-state index contributed by atoms with van der Waals surface area (Å²) in [5, 5.41) is 0.954. The topological polar surface area (TPSA) is 42.0 Å². The van der Waals surface area contributed by atoms with E-state index < -0.39 is 0 Å². The molecule has 5 nitrogen and oxygen atoms in total. The number of anilines is 1. The number of carbonyl (C=O) groups is 1. The first kappa shape index (κ1) is 19.3. The minimum Gasteiger partial charge on any atom is -0.489 e. The van der Waals surface area contributed by atoms with E-state index in [4.69, 9.17) is 55.9 Å². The third-order valence-corrected chi connectivity index (χ3v) is 4.39. The molecule has 1 aromatic rings. The van der Waals surface area contributed by atoms with Crippen LogP contribution >= 0.6 is 46.4 Å². The average molecular weight is 414 g/mol. The summed E-state index contributed by atoms with van der Waals surface area (Å²) in [5.41, 5.74) is 0.723. The number of piperazine rings is 1. The van der Waals surface area contributed by atoms with Crippen LogP contribution in [0.3, 0.4) is 0 Å². The third kappa shape index (κ3) is 4.99. The van der Waals surface area contributed by atoms with Crippen molar-refractivity contribution in [1.29, 1.82) is 0 Å². The molecule has 0 aliphatic carbocycles. The molecule has 0 N–H and O–H groups in total. The van der Waals surface area contributed by atoms with E-state index in [1.165, 1.54) is 13.2 Å². The summed E-state index contributed by atoms with van der Waals surface area (Å²) in [6.07, 6.45) is 1.19. The van der Waals surface area contributed by atoms with Crippen molar-refractivity contribution in [2.24, 2.45) is 0 Å². The number of benzene rings is 1. The largest absolute Gasteiger partial charge is 0.489 e. The van der Waals surface area contributed by atoms with Gasteiger partial charge in [0.25, 0.3) is 0 Å². The summed E-state index contributed by atoms with van der Waals surface area (Å²) in [5.74, 6) is 0.521. The third-order valence-electron chi connectivity index (χ3n) is 3.51. The smallest absolute Gasteiger partial charge is 0.409 e. The molecule has 0 aromatic heterocycles. The lowest BCUT2D eigenvalue weighted by Crippen LogP contribution is -2.48. The lowest BCUT2D eigenvalue weighted by atomic mass is 10.2. The van der Waals surface area contributed by atoms with E-state index >= 15 is 0 Å². The number of ether oxygens (including phenoxy) is 2. The Morgan fingerprint density at radius 3 is 2.25 bits per heavy atom. The molecule has 1 saturated heterocycles. The lowest BCUT2D eigenvalue weighted by molar-refractivity contribution is 0.121. The Morgan fingerprint density at radius 2 is 1.75 bits per heavy atom. The van der Waals surface area contributed by atoms with Crippen LogP contribution in [0.15, 0.2) is 22.7 Å². The Labute approximate surface area is 160 Å². The van der Waals surface area contributed by atoms with Crippen LogP contribution in [0.25, 0.3) is 0 Å². The molecule has 9 heteroatoms. The molecule has 0 saturated carbocycles. The molecule has 1 aliphatic heterocycles. The van der Waals surface area contributed by atoms with Crippen LogP contribution in [0.5, 0.6) is 5.75 Å². The van der Waals surface area contributed by atoms with Crippen LogP contribution in [0.2, 0.25) is 10.0 Å². The fourth-order valence-electron chi connectivity index (χ4n) is 2.37. The van der Waals surface area contributed by atoms with E-state index in [9.17, 15) is 4.79 Å². The van der Waals surface area contributed by atoms with Gasteiger partial charge in [-0.3, -0.25) is 0 Å². The summed E-state index contributed by atoms with van der Waals surface area (Å²) >= 11 is 23.8. The van der Waals surface area contributed by atoms with Crippen molar-refractivity contribution in [3.63, 3.8) is 0 Å². The van der Waals surface area contributed by atoms with Gasteiger partial charge in [-0.25, -0.2) is 4.79 Å². The van der Waals surface area contributed by atoms with E-state index in [0.29, 0.717) is 42.0 Å². The van der Waals surface area contributed by atoms with E-state index in [1.54, 1.807) is 17.0 Å². The fraction of sp³-hybridized carbons (Fsp3) is 0.400. The molecule has 132 valence electrons. The van der Waals surface area contributed by atoms with Gasteiger partial charge in [0.15, 0.2) is 0 Å². The van der Waals surface area contributed by atoms with Crippen LogP contribution in [0, 0.1) is 0 Å². The minimum atomic E-state index is -0.332. The standard InChI is InChI=1S/C15H16Cl4N2O3/c1-23-15(22)21-5-3-20(4-6-21)14-11(16)8-10(9-12(14)17)24-7-2-13(18)19/h2,8-9H,3-7H2,1H3. The quantitative estimate of drug-likeness (QED) is 0.724. The van der Waals surface area contributed by atoms with Gasteiger partial charge in [0.2, 0.25) is 0 Å². The van der Waals surface area contributed by atoms with Gasteiger partial charge in [-0.15, -0.1) is 0 Å². The van der Waals surface area contributed by atoms with Gasteiger partial charge in [0.1, 0.15) is 16.8 Å². The van der Waals surface area contributed by atoms with Crippen molar-refractivity contribution in [2.75, 3.05) is 44.8 Å². The molecule has 0 radical (unpaired) electrons. The second-order valence-electron chi connectivity index (χ2n) is 4.98. The van der Waals surface area contributed by atoms with Crippen LogP contribution in [0.1, 0.15) is 0 Å². The molecular formula is C15H16Cl4N2O3. The number of rotatable bonds is 4. The SMILES string of the molecule is COC(=O)N1CCN(c2c(Cl)cc(OCC=C(Cl)Cl)cc2Cl)CC1. The van der Waals surface area contributed by atoms with Gasteiger partial charge in [0, 0.05) is 38.3 Å². The molecular weight excluding hydrogens is 398 g/mol. The predicted octanol–water partition coefficient (Wildman–Crippen LogP) is 4.58. The molecule has 1 aromatic carbocycles. The zero-order valence-corrected chi connectivity index (χ0v) is 15.9. The Balaban J connectivity index is 2.06. The van der Waals surface area contributed by atoms with Crippen LogP contribution in [0.4, 0.5) is 10.5 Å². The van der Waals surface area contributed by atoms with Crippen molar-refractivity contribution in [2.45, 2.75) is 0 Å². The van der Waals surface area contributed by atoms with E-state index in [0.717, 1.165) is 5.69 Å². The van der Waals surface area contributed by atoms with Crippen molar-refractivity contribution in [3.05, 3.63) is 32.7 Å². The highest BCUT2D eigenvalue weighted by Crippen LogP contribution is 2.38. The predicted molar refractivity (Wildman–Crippen MR) is 97.9 cm³/mol. The van der Waals surface area contributed by atoms with Crippen molar-refractivity contribution in [1.82, 2.24) is 4.90 Å². The zero-order chi connectivity index (χ0) is 17.7. The number of nitrogens with zero attached hydrogens (tertiary/aromatic N) is 2. The van der Waals surface area contributed by atoms with Gasteiger partial charge in [-0.05, 0) is 6.08 Å². The lowest BCUT2D eigenvalue weighted by Gasteiger charge is -2.36. The molecule has 1 heterocycles. The first-order chi connectivity index (χ1) is 11.4. The number of hydrogen-bond acceptors (Lipinski definition) is 4. The molecule has 0 bridgehead atoms. The number of methoxy groups -OCH3 is 1. The molecule has 0 unspecified atom stereocenters. The molecule has 1 fully saturated rings. The summed E-state index contributed by atoms with van der Waals surface area (Å²) in [6.45, 7) is 2.51. The zero-order valence-electron chi connectivity index (χ0n) is 12.9. The van der Waals surface area contributed by atoms with Crippen molar-refractivity contribution >= 4 is 58.2 Å². The molecule has 0 atom stereocenters. The highest BCUT2D eigenvalue weighted by molar-refractivity contribution is 6.55. The van der Waals surface area contributed by atoms with Gasteiger partial charge >= 0.3 is 6.09 Å². The van der Waals surface area contributed by atoms with Crippen molar-refractivity contribution in [3.8, 4) is 5.75 Å². The second kappa shape index (κ2) is 8.90. The Hall–Kier alpha value is -1.01.